The van der Waals surface area contributed by atoms with Crippen molar-refractivity contribution in [3.05, 3.63) is 0 Å². The van der Waals surface area contributed by atoms with Crippen LogP contribution in [0, 0.1) is 0 Å². The van der Waals surface area contributed by atoms with Gasteiger partial charge in [0.15, 0.2) is 5.84 Å². The molecule has 0 aromatic heterocycles. The van der Waals surface area contributed by atoms with Crippen LogP contribution >= 0.6 is 0 Å². The van der Waals surface area contributed by atoms with Gasteiger partial charge >= 0.3 is 6.03 Å². The molecule has 92 valence electrons. The number of rotatable bonds is 3. The van der Waals surface area contributed by atoms with Crippen LogP contribution in [0.15, 0.2) is 5.16 Å². The van der Waals surface area contributed by atoms with Crippen molar-refractivity contribution < 1.29 is 10.0 Å². The highest BCUT2D eigenvalue weighted by Crippen LogP contribution is 2.17. The van der Waals surface area contributed by atoms with E-state index in [1.807, 2.05) is 0 Å². The first-order chi connectivity index (χ1) is 7.63. The first-order valence-electron chi connectivity index (χ1n) is 5.61. The van der Waals surface area contributed by atoms with E-state index < -0.39 is 0 Å². The predicted molar refractivity (Wildman–Crippen MR) is 61.4 cm³/mol. The van der Waals surface area contributed by atoms with Gasteiger partial charge in [-0.2, -0.15) is 0 Å². The lowest BCUT2D eigenvalue weighted by molar-refractivity contribution is 0.205. The van der Waals surface area contributed by atoms with Gasteiger partial charge in [0.2, 0.25) is 0 Å². The van der Waals surface area contributed by atoms with E-state index in [1.54, 1.807) is 7.05 Å². The molecule has 1 aliphatic carbocycles. The van der Waals surface area contributed by atoms with Crippen LogP contribution in [0.2, 0.25) is 0 Å². The molecular formula is C10H20N4O2. The van der Waals surface area contributed by atoms with Gasteiger partial charge in [0, 0.05) is 13.1 Å². The van der Waals surface area contributed by atoms with Crippen LogP contribution in [-0.4, -0.2) is 41.6 Å². The van der Waals surface area contributed by atoms with Gasteiger partial charge in [-0.25, -0.2) is 4.79 Å². The molecule has 6 heteroatoms. The van der Waals surface area contributed by atoms with Gasteiger partial charge in [-0.1, -0.05) is 24.4 Å². The zero-order valence-electron chi connectivity index (χ0n) is 9.65. The third kappa shape index (κ3) is 3.96. The zero-order chi connectivity index (χ0) is 12.0. The Morgan fingerprint density at radius 2 is 2.12 bits per heavy atom. The molecule has 1 rings (SSSR count). The Hall–Kier alpha value is -1.46. The molecule has 0 radical (unpaired) electrons. The van der Waals surface area contributed by atoms with Crippen LogP contribution in [0.3, 0.4) is 0 Å². The van der Waals surface area contributed by atoms with Crippen molar-refractivity contribution >= 4 is 11.9 Å². The molecule has 0 unspecified atom stereocenters. The Balaban J connectivity index is 2.32. The molecular weight excluding hydrogens is 208 g/mol. The normalized spacial score (nSPS) is 18.2. The number of carbonyl (C=O) groups excluding carboxylic acids is 1. The van der Waals surface area contributed by atoms with Crippen LogP contribution in [0.5, 0.6) is 0 Å². The summed E-state index contributed by atoms with van der Waals surface area (Å²) < 4.78 is 0. The van der Waals surface area contributed by atoms with Crippen molar-refractivity contribution in [3.8, 4) is 0 Å². The molecule has 1 fully saturated rings. The summed E-state index contributed by atoms with van der Waals surface area (Å²) in [5, 5.41) is 14.2. The first kappa shape index (κ1) is 12.6. The Kier molecular flexibility index (Phi) is 4.88. The van der Waals surface area contributed by atoms with Crippen LogP contribution < -0.4 is 11.1 Å². The second-order valence-electron chi connectivity index (χ2n) is 4.23. The summed E-state index contributed by atoms with van der Waals surface area (Å²) in [5.41, 5.74) is 5.32. The lowest BCUT2D eigenvalue weighted by Crippen LogP contribution is -2.46. The second-order valence-corrected chi connectivity index (χ2v) is 4.23. The van der Waals surface area contributed by atoms with Crippen LogP contribution in [0.1, 0.15) is 32.1 Å². The van der Waals surface area contributed by atoms with E-state index in [2.05, 4.69) is 10.5 Å². The molecule has 6 nitrogen and oxygen atoms in total. The highest BCUT2D eigenvalue weighted by Gasteiger charge is 2.18. The summed E-state index contributed by atoms with van der Waals surface area (Å²) in [5.74, 6) is 0.0290. The molecule has 4 N–H and O–H groups in total. The smallest absolute Gasteiger partial charge is 0.317 e. The first-order valence-corrected chi connectivity index (χ1v) is 5.61. The average molecular weight is 228 g/mol. The third-order valence-corrected chi connectivity index (χ3v) is 2.81. The third-order valence-electron chi connectivity index (χ3n) is 2.81. The summed E-state index contributed by atoms with van der Waals surface area (Å²) in [4.78, 5) is 13.1. The van der Waals surface area contributed by atoms with Crippen molar-refractivity contribution in [2.24, 2.45) is 10.9 Å². The van der Waals surface area contributed by atoms with Gasteiger partial charge in [-0.3, -0.25) is 0 Å². The van der Waals surface area contributed by atoms with E-state index in [4.69, 9.17) is 10.9 Å². The number of likely N-dealkylation sites (N-methyl/N-ethyl adjacent to an activating group) is 1. The van der Waals surface area contributed by atoms with Crippen molar-refractivity contribution in [3.63, 3.8) is 0 Å². The summed E-state index contributed by atoms with van der Waals surface area (Å²) in [6.07, 6.45) is 5.70. The zero-order valence-corrected chi connectivity index (χ0v) is 9.65. The average Bonchev–Trinajstić information content (AvgIpc) is 2.30. The Morgan fingerprint density at radius 1 is 1.50 bits per heavy atom. The van der Waals surface area contributed by atoms with E-state index in [9.17, 15) is 4.79 Å². The lowest BCUT2D eigenvalue weighted by Gasteiger charge is -2.25. The quantitative estimate of drug-likeness (QED) is 0.287. The highest BCUT2D eigenvalue weighted by molar-refractivity contribution is 5.86. The summed E-state index contributed by atoms with van der Waals surface area (Å²) in [6.45, 7) is 0.134. The summed E-state index contributed by atoms with van der Waals surface area (Å²) >= 11 is 0. The number of oxime groups is 1. The molecule has 0 atom stereocenters. The number of hydrogen-bond donors (Lipinski definition) is 3. The van der Waals surface area contributed by atoms with Gasteiger partial charge in [-0.05, 0) is 12.8 Å². The van der Waals surface area contributed by atoms with Crippen molar-refractivity contribution in [1.82, 2.24) is 10.2 Å². The second kappa shape index (κ2) is 6.19. The minimum atomic E-state index is -0.168. The maximum absolute atomic E-state index is 11.7. The molecule has 0 aromatic rings. The largest absolute Gasteiger partial charge is 0.409 e. The maximum Gasteiger partial charge on any atom is 0.317 e. The number of nitrogens with two attached hydrogens (primary N) is 1. The van der Waals surface area contributed by atoms with Crippen LogP contribution in [0.25, 0.3) is 0 Å². The van der Waals surface area contributed by atoms with Gasteiger partial charge in [0.05, 0.1) is 6.54 Å². The minimum Gasteiger partial charge on any atom is -0.409 e. The fourth-order valence-electron chi connectivity index (χ4n) is 1.88. The Bertz CT molecular complexity index is 262. The predicted octanol–water partition coefficient (Wildman–Crippen LogP) is 0.707. The van der Waals surface area contributed by atoms with E-state index in [-0.39, 0.29) is 24.5 Å². The van der Waals surface area contributed by atoms with Crippen molar-refractivity contribution in [1.29, 1.82) is 0 Å². The van der Waals surface area contributed by atoms with E-state index in [0.717, 1.165) is 12.8 Å². The molecule has 0 bridgehead atoms. The number of nitrogens with zero attached hydrogens (tertiary/aromatic N) is 2. The molecule has 0 aromatic carbocycles. The fourth-order valence-corrected chi connectivity index (χ4v) is 1.88. The topological polar surface area (TPSA) is 90.9 Å². The molecule has 1 aliphatic rings. The number of nitrogens with one attached hydrogen (secondary N) is 1. The van der Waals surface area contributed by atoms with E-state index in [0.29, 0.717) is 0 Å². The number of amidine groups is 1. The fraction of sp³-hybridized carbons (Fsp3) is 0.800. The SMILES string of the molecule is CN(CC(N)=NO)C(=O)NC1CCCCC1. The molecule has 2 amide bonds. The minimum absolute atomic E-state index is 0.0290. The Labute approximate surface area is 95.5 Å². The van der Waals surface area contributed by atoms with E-state index in [1.165, 1.54) is 24.2 Å². The van der Waals surface area contributed by atoms with Crippen LogP contribution in [0.4, 0.5) is 4.79 Å². The highest BCUT2D eigenvalue weighted by atomic mass is 16.4. The molecule has 0 saturated heterocycles. The van der Waals surface area contributed by atoms with Crippen molar-refractivity contribution in [2.75, 3.05) is 13.6 Å². The molecule has 0 spiro atoms. The van der Waals surface area contributed by atoms with Gasteiger partial charge in [0.1, 0.15) is 0 Å². The monoisotopic (exact) mass is 228 g/mol. The molecule has 16 heavy (non-hydrogen) atoms. The number of carbonyl (C=O) groups is 1. The summed E-state index contributed by atoms with van der Waals surface area (Å²) in [7, 11) is 1.62. The van der Waals surface area contributed by atoms with Gasteiger partial charge in [-0.15, -0.1) is 0 Å². The van der Waals surface area contributed by atoms with Crippen LogP contribution in [-0.2, 0) is 0 Å². The number of amides is 2. The lowest BCUT2D eigenvalue weighted by atomic mass is 9.96. The Morgan fingerprint density at radius 3 is 2.69 bits per heavy atom. The number of hydrogen-bond acceptors (Lipinski definition) is 3. The molecule has 0 aliphatic heterocycles. The van der Waals surface area contributed by atoms with E-state index >= 15 is 0 Å². The number of urea groups is 1. The maximum atomic E-state index is 11.7. The molecule has 1 saturated carbocycles. The summed E-state index contributed by atoms with van der Waals surface area (Å²) in [6, 6.07) is 0.106. The molecule has 0 heterocycles. The van der Waals surface area contributed by atoms with Gasteiger partial charge in [0.25, 0.3) is 0 Å². The van der Waals surface area contributed by atoms with Gasteiger partial charge < -0.3 is 21.2 Å². The van der Waals surface area contributed by atoms with Crippen molar-refractivity contribution in [2.45, 2.75) is 38.1 Å². The standard InChI is InChI=1S/C10H20N4O2/c1-14(7-9(11)13-16)10(15)12-8-5-3-2-4-6-8/h8,16H,2-7H2,1H3,(H2,11,13)(H,12,15).